The molecule has 5 nitrogen and oxygen atoms in total. The van der Waals surface area contributed by atoms with Crippen LogP contribution < -0.4 is 4.72 Å². The molecule has 0 aliphatic heterocycles. The van der Waals surface area contributed by atoms with Crippen molar-refractivity contribution in [1.82, 2.24) is 4.72 Å². The van der Waals surface area contributed by atoms with E-state index in [4.69, 9.17) is 5.11 Å². The summed E-state index contributed by atoms with van der Waals surface area (Å²) in [6, 6.07) is 9.44. The number of benzene rings is 1. The number of carbonyl (C=O) groups is 1. The molecule has 2 rings (SSSR count). The molecule has 6 heteroatoms. The topological polar surface area (TPSA) is 83.5 Å². The molecule has 1 aliphatic rings. The Hall–Kier alpha value is -1.40. The Balaban J connectivity index is 2.03. The van der Waals surface area contributed by atoms with Gasteiger partial charge in [0.25, 0.3) is 0 Å². The van der Waals surface area contributed by atoms with Crippen LogP contribution in [0.5, 0.6) is 0 Å². The highest BCUT2D eigenvalue weighted by molar-refractivity contribution is 7.89. The van der Waals surface area contributed by atoms with Crippen molar-refractivity contribution in [2.24, 2.45) is 0 Å². The third kappa shape index (κ3) is 4.28. The molecule has 0 spiro atoms. The number of aliphatic carboxylic acids is 1. The van der Waals surface area contributed by atoms with Crippen LogP contribution in [0.2, 0.25) is 0 Å². The minimum absolute atomic E-state index is 0.0294. The molecule has 0 radical (unpaired) electrons. The van der Waals surface area contributed by atoms with Gasteiger partial charge in [-0.25, -0.2) is 13.1 Å². The molecule has 0 saturated heterocycles. The molecule has 21 heavy (non-hydrogen) atoms. The number of hydrogen-bond acceptors (Lipinski definition) is 3. The molecule has 0 bridgehead atoms. The van der Waals surface area contributed by atoms with Crippen LogP contribution in [0.15, 0.2) is 30.3 Å². The molecular weight excluding hydrogens is 290 g/mol. The molecule has 1 aromatic rings. The molecular formula is C15H21NO4S. The molecule has 1 unspecified atom stereocenters. The molecule has 0 heterocycles. The van der Waals surface area contributed by atoms with Gasteiger partial charge in [0.15, 0.2) is 0 Å². The van der Waals surface area contributed by atoms with Gasteiger partial charge in [-0.05, 0) is 30.7 Å². The van der Waals surface area contributed by atoms with Gasteiger partial charge in [0.1, 0.15) is 0 Å². The average Bonchev–Trinajstić information content (AvgIpc) is 2.35. The van der Waals surface area contributed by atoms with Crippen LogP contribution in [0, 0.1) is 0 Å². The fourth-order valence-electron chi connectivity index (χ4n) is 2.79. The van der Waals surface area contributed by atoms with Gasteiger partial charge in [-0.3, -0.25) is 4.79 Å². The van der Waals surface area contributed by atoms with Crippen LogP contribution in [0.3, 0.4) is 0 Å². The maximum atomic E-state index is 12.3. The number of sulfonamides is 1. The SMILES string of the molecule is CC(CS(=O)(=O)NC1(CC(=O)O)CCC1)c1ccccc1. The van der Waals surface area contributed by atoms with Crippen LogP contribution >= 0.6 is 0 Å². The molecule has 1 atom stereocenters. The van der Waals surface area contributed by atoms with E-state index >= 15 is 0 Å². The van der Waals surface area contributed by atoms with Crippen molar-refractivity contribution < 1.29 is 18.3 Å². The first-order valence-electron chi connectivity index (χ1n) is 7.10. The number of nitrogens with one attached hydrogen (secondary N) is 1. The Bertz CT molecular complexity index is 593. The lowest BCUT2D eigenvalue weighted by molar-refractivity contribution is -0.139. The summed E-state index contributed by atoms with van der Waals surface area (Å²) in [6.07, 6.45) is 1.91. The summed E-state index contributed by atoms with van der Waals surface area (Å²) < 4.78 is 27.2. The summed E-state index contributed by atoms with van der Waals surface area (Å²) in [4.78, 5) is 10.9. The van der Waals surface area contributed by atoms with Crippen molar-refractivity contribution in [2.75, 3.05) is 5.75 Å². The lowest BCUT2D eigenvalue weighted by atomic mass is 9.75. The van der Waals surface area contributed by atoms with Crippen molar-refractivity contribution >= 4 is 16.0 Å². The molecule has 0 aromatic heterocycles. The normalized spacial score (nSPS) is 18.7. The number of hydrogen-bond donors (Lipinski definition) is 2. The Kier molecular flexibility index (Phi) is 4.68. The quantitative estimate of drug-likeness (QED) is 0.808. The fourth-order valence-corrected chi connectivity index (χ4v) is 4.66. The van der Waals surface area contributed by atoms with E-state index in [1.165, 1.54) is 0 Å². The smallest absolute Gasteiger partial charge is 0.305 e. The Morgan fingerprint density at radius 1 is 1.33 bits per heavy atom. The Morgan fingerprint density at radius 2 is 1.95 bits per heavy atom. The summed E-state index contributed by atoms with van der Waals surface area (Å²) in [5.74, 6) is -1.13. The van der Waals surface area contributed by atoms with E-state index in [2.05, 4.69) is 4.72 Å². The highest BCUT2D eigenvalue weighted by Crippen LogP contribution is 2.36. The fraction of sp³-hybridized carbons (Fsp3) is 0.533. The molecule has 1 saturated carbocycles. The van der Waals surface area contributed by atoms with Crippen molar-refractivity contribution in [3.8, 4) is 0 Å². The van der Waals surface area contributed by atoms with Crippen LogP contribution in [-0.2, 0) is 14.8 Å². The highest BCUT2D eigenvalue weighted by Gasteiger charge is 2.42. The molecule has 1 fully saturated rings. The Morgan fingerprint density at radius 3 is 2.43 bits per heavy atom. The van der Waals surface area contributed by atoms with Crippen molar-refractivity contribution in [1.29, 1.82) is 0 Å². The summed E-state index contributed by atoms with van der Waals surface area (Å²) in [5.41, 5.74) is 0.185. The molecule has 1 aliphatic carbocycles. The highest BCUT2D eigenvalue weighted by atomic mass is 32.2. The first-order chi connectivity index (χ1) is 9.82. The molecule has 2 N–H and O–H groups in total. The Labute approximate surface area is 125 Å². The van der Waals surface area contributed by atoms with Crippen LogP contribution in [0.4, 0.5) is 0 Å². The minimum atomic E-state index is -3.51. The third-order valence-electron chi connectivity index (χ3n) is 4.01. The van der Waals surface area contributed by atoms with Crippen molar-refractivity contribution in [3.63, 3.8) is 0 Å². The van der Waals surface area contributed by atoms with E-state index in [9.17, 15) is 13.2 Å². The van der Waals surface area contributed by atoms with E-state index in [1.807, 2.05) is 37.3 Å². The first-order valence-corrected chi connectivity index (χ1v) is 8.76. The van der Waals surface area contributed by atoms with E-state index in [0.29, 0.717) is 12.8 Å². The summed E-state index contributed by atoms with van der Waals surface area (Å²) in [7, 11) is -3.51. The predicted molar refractivity (Wildman–Crippen MR) is 80.6 cm³/mol. The minimum Gasteiger partial charge on any atom is -0.481 e. The summed E-state index contributed by atoms with van der Waals surface area (Å²) >= 11 is 0. The second-order valence-corrected chi connectivity index (χ2v) is 7.67. The van der Waals surface area contributed by atoms with Gasteiger partial charge in [0.05, 0.1) is 12.2 Å². The van der Waals surface area contributed by atoms with Gasteiger partial charge in [0.2, 0.25) is 10.0 Å². The predicted octanol–water partition coefficient (Wildman–Crippen LogP) is 2.11. The number of rotatable bonds is 7. The lowest BCUT2D eigenvalue weighted by Gasteiger charge is -2.41. The summed E-state index contributed by atoms with van der Waals surface area (Å²) in [6.45, 7) is 1.86. The van der Waals surface area contributed by atoms with E-state index in [-0.39, 0.29) is 18.1 Å². The zero-order chi connectivity index (χ0) is 15.5. The van der Waals surface area contributed by atoms with Crippen molar-refractivity contribution in [3.05, 3.63) is 35.9 Å². The van der Waals surface area contributed by atoms with Gasteiger partial charge >= 0.3 is 5.97 Å². The van der Waals surface area contributed by atoms with E-state index < -0.39 is 21.5 Å². The van der Waals surface area contributed by atoms with Gasteiger partial charge < -0.3 is 5.11 Å². The number of carboxylic acids is 1. The lowest BCUT2D eigenvalue weighted by Crippen LogP contribution is -2.55. The van der Waals surface area contributed by atoms with Crippen LogP contribution in [0.25, 0.3) is 0 Å². The van der Waals surface area contributed by atoms with Crippen LogP contribution in [0.1, 0.15) is 44.1 Å². The van der Waals surface area contributed by atoms with Gasteiger partial charge in [-0.1, -0.05) is 37.3 Å². The maximum absolute atomic E-state index is 12.3. The van der Waals surface area contributed by atoms with Gasteiger partial charge in [0, 0.05) is 5.54 Å². The van der Waals surface area contributed by atoms with Crippen molar-refractivity contribution in [2.45, 2.75) is 44.1 Å². The van der Waals surface area contributed by atoms with Gasteiger partial charge in [-0.15, -0.1) is 0 Å². The van der Waals surface area contributed by atoms with Gasteiger partial charge in [-0.2, -0.15) is 0 Å². The second kappa shape index (κ2) is 6.15. The summed E-state index contributed by atoms with van der Waals surface area (Å²) in [5, 5.41) is 8.94. The molecule has 116 valence electrons. The zero-order valence-electron chi connectivity index (χ0n) is 12.1. The monoisotopic (exact) mass is 311 g/mol. The van der Waals surface area contributed by atoms with E-state index in [0.717, 1.165) is 12.0 Å². The van der Waals surface area contributed by atoms with E-state index in [1.54, 1.807) is 0 Å². The second-order valence-electron chi connectivity index (χ2n) is 5.90. The average molecular weight is 311 g/mol. The first kappa shape index (κ1) is 16.0. The third-order valence-corrected chi connectivity index (χ3v) is 5.69. The maximum Gasteiger partial charge on any atom is 0.305 e. The molecule has 1 aromatic carbocycles. The van der Waals surface area contributed by atoms with Crippen LogP contribution in [-0.4, -0.2) is 30.8 Å². The standard InChI is InChI=1S/C15H21NO4S/c1-12(13-6-3-2-4-7-13)11-21(19,20)16-15(8-5-9-15)10-14(17)18/h2-4,6-7,12,16H,5,8-11H2,1H3,(H,17,18). The largest absolute Gasteiger partial charge is 0.481 e. The number of carboxylic acid groups (broad SMARTS) is 1. The molecule has 0 amide bonds. The zero-order valence-corrected chi connectivity index (χ0v) is 12.9.